The van der Waals surface area contributed by atoms with E-state index < -0.39 is 0 Å². The molecule has 3 rings (SSSR count). The third-order valence-electron chi connectivity index (χ3n) is 4.85. The van der Waals surface area contributed by atoms with E-state index >= 15 is 0 Å². The molecule has 0 aliphatic rings. The van der Waals surface area contributed by atoms with Gasteiger partial charge >= 0.3 is 0 Å². The smallest absolute Gasteiger partial charge is 0.151 e. The number of nitrogens with zero attached hydrogens (tertiary/aromatic N) is 1. The van der Waals surface area contributed by atoms with Gasteiger partial charge in [0.1, 0.15) is 0 Å². The Morgan fingerprint density at radius 3 is 2.60 bits per heavy atom. The van der Waals surface area contributed by atoms with Crippen LogP contribution in [-0.4, -0.2) is 10.9 Å². The van der Waals surface area contributed by atoms with Crippen LogP contribution in [0.3, 0.4) is 0 Å². The second kappa shape index (κ2) is 7.15. The van der Waals surface area contributed by atoms with E-state index in [0.29, 0.717) is 5.56 Å². The van der Waals surface area contributed by atoms with E-state index in [-0.39, 0.29) is 0 Å². The van der Waals surface area contributed by atoms with Crippen LogP contribution < -0.4 is 0 Å². The van der Waals surface area contributed by atoms with E-state index in [2.05, 4.69) is 62.4 Å². The molecule has 0 N–H and O–H groups in total. The summed E-state index contributed by atoms with van der Waals surface area (Å²) in [7, 11) is 2.09. The number of aromatic nitrogens is 1. The Morgan fingerprint density at radius 1 is 1.08 bits per heavy atom. The van der Waals surface area contributed by atoms with E-state index in [9.17, 15) is 4.79 Å². The van der Waals surface area contributed by atoms with Crippen LogP contribution in [0.5, 0.6) is 0 Å². The van der Waals surface area contributed by atoms with Crippen LogP contribution in [0.4, 0.5) is 0 Å². The number of aldehydes is 1. The molecule has 1 aromatic heterocycles. The number of unbranched alkanes of at least 4 members (excludes halogenated alkanes) is 3. The molecular formula is C23H25NO. The summed E-state index contributed by atoms with van der Waals surface area (Å²) in [6.45, 7) is 6.45. The molecule has 2 aromatic carbocycles. The SMILES string of the molecule is CCCCCC#Cc1cc2c(cc1C=O)c1cc(C)cc(C)c1n2C. The zero-order valence-electron chi connectivity index (χ0n) is 15.6. The average molecular weight is 331 g/mol. The summed E-state index contributed by atoms with van der Waals surface area (Å²) in [6.07, 6.45) is 5.33. The van der Waals surface area contributed by atoms with Crippen molar-refractivity contribution in [2.75, 3.05) is 0 Å². The fourth-order valence-electron chi connectivity index (χ4n) is 3.66. The first-order valence-electron chi connectivity index (χ1n) is 9.04. The van der Waals surface area contributed by atoms with Crippen molar-refractivity contribution in [1.29, 1.82) is 0 Å². The number of carbonyl (C=O) groups is 1. The highest BCUT2D eigenvalue weighted by Crippen LogP contribution is 2.32. The molecule has 25 heavy (non-hydrogen) atoms. The first-order chi connectivity index (χ1) is 12.1. The highest BCUT2D eigenvalue weighted by Gasteiger charge is 2.13. The Bertz CT molecular complexity index is 1010. The lowest BCUT2D eigenvalue weighted by atomic mass is 10.0. The molecule has 0 aliphatic heterocycles. The van der Waals surface area contributed by atoms with Crippen LogP contribution in [0.25, 0.3) is 21.8 Å². The number of hydrogen-bond donors (Lipinski definition) is 0. The van der Waals surface area contributed by atoms with E-state index in [1.165, 1.54) is 34.9 Å². The molecular weight excluding hydrogens is 306 g/mol. The molecule has 0 radical (unpaired) electrons. The molecule has 0 unspecified atom stereocenters. The third-order valence-corrected chi connectivity index (χ3v) is 4.85. The maximum atomic E-state index is 11.6. The van der Waals surface area contributed by atoms with Gasteiger partial charge in [-0.25, -0.2) is 0 Å². The highest BCUT2D eigenvalue weighted by atomic mass is 16.1. The fraction of sp³-hybridized carbons (Fsp3) is 0.348. The van der Waals surface area contributed by atoms with Crippen molar-refractivity contribution >= 4 is 28.1 Å². The van der Waals surface area contributed by atoms with E-state index in [1.54, 1.807) is 0 Å². The largest absolute Gasteiger partial charge is 0.343 e. The monoisotopic (exact) mass is 331 g/mol. The number of benzene rings is 2. The van der Waals surface area contributed by atoms with Crippen molar-refractivity contribution in [2.45, 2.75) is 46.5 Å². The van der Waals surface area contributed by atoms with Crippen LogP contribution in [0.15, 0.2) is 24.3 Å². The van der Waals surface area contributed by atoms with Crippen LogP contribution >= 0.6 is 0 Å². The summed E-state index contributed by atoms with van der Waals surface area (Å²) < 4.78 is 2.22. The van der Waals surface area contributed by atoms with E-state index in [1.807, 2.05) is 6.07 Å². The maximum absolute atomic E-state index is 11.6. The summed E-state index contributed by atoms with van der Waals surface area (Å²) in [4.78, 5) is 11.6. The minimum atomic E-state index is 0.683. The van der Waals surface area contributed by atoms with Gasteiger partial charge in [0, 0.05) is 35.4 Å². The second-order valence-corrected chi connectivity index (χ2v) is 6.87. The van der Waals surface area contributed by atoms with Crippen LogP contribution in [0.2, 0.25) is 0 Å². The molecule has 2 nitrogen and oxygen atoms in total. The normalized spacial score (nSPS) is 10.9. The average Bonchev–Trinajstić information content (AvgIpc) is 2.86. The lowest BCUT2D eigenvalue weighted by molar-refractivity contribution is 0.112. The van der Waals surface area contributed by atoms with E-state index in [4.69, 9.17) is 0 Å². The molecule has 3 aromatic rings. The van der Waals surface area contributed by atoms with Crippen molar-refractivity contribution in [2.24, 2.45) is 7.05 Å². The molecule has 1 heterocycles. The molecule has 0 amide bonds. The molecule has 0 saturated carbocycles. The second-order valence-electron chi connectivity index (χ2n) is 6.87. The quantitative estimate of drug-likeness (QED) is 0.342. The van der Waals surface area contributed by atoms with Crippen molar-refractivity contribution < 1.29 is 4.79 Å². The summed E-state index contributed by atoms with van der Waals surface area (Å²) in [6, 6.07) is 8.48. The lowest BCUT2D eigenvalue weighted by Gasteiger charge is -2.03. The van der Waals surface area contributed by atoms with Gasteiger partial charge in [0.2, 0.25) is 0 Å². The number of rotatable bonds is 4. The molecule has 0 aliphatic carbocycles. The minimum absolute atomic E-state index is 0.683. The zero-order chi connectivity index (χ0) is 18.0. The molecule has 0 saturated heterocycles. The lowest BCUT2D eigenvalue weighted by Crippen LogP contribution is -1.92. The number of aryl methyl sites for hydroxylation is 3. The van der Waals surface area contributed by atoms with Crippen molar-refractivity contribution in [3.8, 4) is 11.8 Å². The molecule has 128 valence electrons. The fourth-order valence-corrected chi connectivity index (χ4v) is 3.66. The van der Waals surface area contributed by atoms with Gasteiger partial charge in [0.15, 0.2) is 6.29 Å². The summed E-state index contributed by atoms with van der Waals surface area (Å²) in [5.41, 5.74) is 6.37. The Morgan fingerprint density at radius 2 is 1.88 bits per heavy atom. The van der Waals surface area contributed by atoms with Crippen LogP contribution in [-0.2, 0) is 7.05 Å². The summed E-state index contributed by atoms with van der Waals surface area (Å²) in [5, 5.41) is 2.34. The summed E-state index contributed by atoms with van der Waals surface area (Å²) >= 11 is 0. The van der Waals surface area contributed by atoms with Crippen molar-refractivity contribution in [3.63, 3.8) is 0 Å². The van der Waals surface area contributed by atoms with Gasteiger partial charge in [-0.05, 0) is 44.0 Å². The highest BCUT2D eigenvalue weighted by molar-refractivity contribution is 6.11. The Labute approximate surface area is 149 Å². The molecule has 0 fully saturated rings. The van der Waals surface area contributed by atoms with Gasteiger partial charge < -0.3 is 4.57 Å². The number of fused-ring (bicyclic) bond motifs is 3. The van der Waals surface area contributed by atoms with Crippen molar-refractivity contribution in [1.82, 2.24) is 4.57 Å². The van der Waals surface area contributed by atoms with Crippen LogP contribution in [0, 0.1) is 25.7 Å². The Hall–Kier alpha value is -2.53. The maximum Gasteiger partial charge on any atom is 0.151 e. The van der Waals surface area contributed by atoms with Gasteiger partial charge in [0.25, 0.3) is 0 Å². The van der Waals surface area contributed by atoms with E-state index in [0.717, 1.165) is 35.6 Å². The predicted octanol–water partition coefficient (Wildman–Crippen LogP) is 5.69. The zero-order valence-corrected chi connectivity index (χ0v) is 15.6. The minimum Gasteiger partial charge on any atom is -0.343 e. The first-order valence-corrected chi connectivity index (χ1v) is 9.04. The number of hydrogen-bond acceptors (Lipinski definition) is 1. The van der Waals surface area contributed by atoms with Crippen LogP contribution in [0.1, 0.15) is 59.7 Å². The summed E-state index contributed by atoms with van der Waals surface area (Å²) in [5.74, 6) is 6.45. The first kappa shape index (κ1) is 17.3. The standard InChI is InChI=1S/C23H25NO/c1-5-6-7-8-9-10-18-14-22-20(13-19(18)15-25)21-12-16(2)11-17(3)23(21)24(22)4/h11-15H,5-8H2,1-4H3. The van der Waals surface area contributed by atoms with Gasteiger partial charge in [-0.3, -0.25) is 4.79 Å². The van der Waals surface area contributed by atoms with Gasteiger partial charge in [0.05, 0.1) is 11.0 Å². The van der Waals surface area contributed by atoms with Gasteiger partial charge in [-0.15, -0.1) is 0 Å². The molecule has 0 spiro atoms. The predicted molar refractivity (Wildman–Crippen MR) is 106 cm³/mol. The number of carbonyl (C=O) groups excluding carboxylic acids is 1. The Balaban J connectivity index is 2.18. The Kier molecular flexibility index (Phi) is 4.95. The van der Waals surface area contributed by atoms with Crippen molar-refractivity contribution in [3.05, 3.63) is 46.5 Å². The molecule has 0 bridgehead atoms. The topological polar surface area (TPSA) is 22.0 Å². The molecule has 0 atom stereocenters. The van der Waals surface area contributed by atoms with Gasteiger partial charge in [-0.1, -0.05) is 43.2 Å². The third kappa shape index (κ3) is 3.20. The van der Waals surface area contributed by atoms with Gasteiger partial charge in [-0.2, -0.15) is 0 Å². The molecule has 2 heteroatoms.